The lowest BCUT2D eigenvalue weighted by atomic mass is 10.1. The smallest absolute Gasteiger partial charge is 0.130 e. The average Bonchev–Trinajstić information content (AvgIpc) is 2.96. The van der Waals surface area contributed by atoms with Crippen molar-refractivity contribution in [3.05, 3.63) is 29.6 Å². The highest BCUT2D eigenvalue weighted by molar-refractivity contribution is 5.40. The van der Waals surface area contributed by atoms with Crippen molar-refractivity contribution in [2.75, 3.05) is 13.7 Å². The summed E-state index contributed by atoms with van der Waals surface area (Å²) in [6, 6.07) is 4.94. The van der Waals surface area contributed by atoms with Gasteiger partial charge in [-0.15, -0.1) is 0 Å². The number of halogens is 1. The average molecular weight is 195 g/mol. The summed E-state index contributed by atoms with van der Waals surface area (Å²) in [6.45, 7) is 0.627. The minimum Gasteiger partial charge on any atom is -0.496 e. The first kappa shape index (κ1) is 9.46. The molecule has 1 aromatic carbocycles. The highest BCUT2D eigenvalue weighted by Crippen LogP contribution is 2.50. The first-order chi connectivity index (χ1) is 6.77. The van der Waals surface area contributed by atoms with E-state index in [9.17, 15) is 4.39 Å². The molecule has 1 fully saturated rings. The first-order valence-corrected chi connectivity index (χ1v) is 4.80. The zero-order valence-corrected chi connectivity index (χ0v) is 8.16. The third-order valence-corrected chi connectivity index (χ3v) is 2.83. The van der Waals surface area contributed by atoms with Gasteiger partial charge in [-0.3, -0.25) is 0 Å². The number of hydrogen-bond acceptors (Lipinski definition) is 2. The molecule has 0 spiro atoms. The molecule has 0 unspecified atom stereocenters. The summed E-state index contributed by atoms with van der Waals surface area (Å²) < 4.78 is 18.7. The molecule has 76 valence electrons. The molecule has 1 aliphatic carbocycles. The van der Waals surface area contributed by atoms with Crippen LogP contribution in [-0.4, -0.2) is 13.7 Å². The van der Waals surface area contributed by atoms with Crippen molar-refractivity contribution in [3.63, 3.8) is 0 Å². The van der Waals surface area contributed by atoms with E-state index in [1.54, 1.807) is 19.2 Å². The Morgan fingerprint density at radius 3 is 2.93 bits per heavy atom. The molecule has 2 nitrogen and oxygen atoms in total. The number of hydrogen-bond donors (Lipinski definition) is 1. The summed E-state index contributed by atoms with van der Waals surface area (Å²) in [7, 11) is 1.57. The molecule has 14 heavy (non-hydrogen) atoms. The Morgan fingerprint density at radius 1 is 1.57 bits per heavy atom. The summed E-state index contributed by atoms with van der Waals surface area (Å²) in [5.74, 6) is 1.16. The zero-order chi connectivity index (χ0) is 10.1. The van der Waals surface area contributed by atoms with Gasteiger partial charge >= 0.3 is 0 Å². The Bertz CT molecular complexity index is 340. The van der Waals surface area contributed by atoms with E-state index in [2.05, 4.69) is 0 Å². The third-order valence-electron chi connectivity index (χ3n) is 2.83. The zero-order valence-electron chi connectivity index (χ0n) is 8.16. The minimum atomic E-state index is -0.176. The molecule has 0 saturated heterocycles. The van der Waals surface area contributed by atoms with Crippen LogP contribution < -0.4 is 10.5 Å². The molecular formula is C11H14FNO. The molecule has 1 aromatic rings. The van der Waals surface area contributed by atoms with E-state index in [0.717, 1.165) is 6.42 Å². The predicted octanol–water partition coefficient (Wildman–Crippen LogP) is 1.90. The van der Waals surface area contributed by atoms with E-state index < -0.39 is 0 Å². The Morgan fingerprint density at radius 2 is 2.36 bits per heavy atom. The Hall–Kier alpha value is -1.09. The van der Waals surface area contributed by atoms with Crippen LogP contribution in [0.25, 0.3) is 0 Å². The second-order valence-corrected chi connectivity index (χ2v) is 3.69. The molecule has 1 saturated carbocycles. The fourth-order valence-corrected chi connectivity index (χ4v) is 1.92. The molecule has 1 aliphatic rings. The van der Waals surface area contributed by atoms with Gasteiger partial charge in [0.25, 0.3) is 0 Å². The van der Waals surface area contributed by atoms with Crippen molar-refractivity contribution in [2.24, 2.45) is 11.7 Å². The molecule has 0 aliphatic heterocycles. The van der Waals surface area contributed by atoms with E-state index in [0.29, 0.717) is 23.8 Å². The minimum absolute atomic E-state index is 0.176. The van der Waals surface area contributed by atoms with E-state index in [1.165, 1.54) is 6.07 Å². The summed E-state index contributed by atoms with van der Waals surface area (Å²) in [6.07, 6.45) is 0.980. The maximum Gasteiger partial charge on any atom is 0.130 e. The van der Waals surface area contributed by atoms with Gasteiger partial charge in [0, 0.05) is 5.56 Å². The van der Waals surface area contributed by atoms with Gasteiger partial charge in [0.15, 0.2) is 0 Å². The van der Waals surface area contributed by atoms with Crippen LogP contribution in [0.1, 0.15) is 17.9 Å². The van der Waals surface area contributed by atoms with Gasteiger partial charge in [0.05, 0.1) is 7.11 Å². The number of ether oxygens (including phenoxy) is 1. The van der Waals surface area contributed by atoms with Crippen LogP contribution in [0.4, 0.5) is 4.39 Å². The molecule has 0 amide bonds. The standard InChI is InChI=1S/C11H14FNO/c1-14-10-4-2-3-9(12)11(10)8-5-7(8)6-13/h2-4,7-8H,5-6,13H2,1H3/t7-,8+/m0/s1. The Kier molecular flexibility index (Phi) is 2.42. The number of benzene rings is 1. The fourth-order valence-electron chi connectivity index (χ4n) is 1.92. The van der Waals surface area contributed by atoms with Crippen molar-refractivity contribution < 1.29 is 9.13 Å². The van der Waals surface area contributed by atoms with E-state index in [-0.39, 0.29) is 11.7 Å². The van der Waals surface area contributed by atoms with Crippen LogP contribution in [0, 0.1) is 11.7 Å². The van der Waals surface area contributed by atoms with Crippen LogP contribution >= 0.6 is 0 Å². The van der Waals surface area contributed by atoms with Crippen molar-refractivity contribution in [1.82, 2.24) is 0 Å². The van der Waals surface area contributed by atoms with Crippen LogP contribution in [0.5, 0.6) is 5.75 Å². The molecule has 2 N–H and O–H groups in total. The van der Waals surface area contributed by atoms with E-state index in [4.69, 9.17) is 10.5 Å². The normalized spacial score (nSPS) is 24.8. The Balaban J connectivity index is 2.32. The SMILES string of the molecule is COc1cccc(F)c1[C@@H]1C[C@H]1CN. The van der Waals surface area contributed by atoms with Gasteiger partial charge in [-0.25, -0.2) is 4.39 Å². The molecule has 0 heterocycles. The first-order valence-electron chi connectivity index (χ1n) is 4.80. The second kappa shape index (κ2) is 3.58. The van der Waals surface area contributed by atoms with Crippen molar-refractivity contribution >= 4 is 0 Å². The molecule has 3 heteroatoms. The Labute approximate surface area is 82.9 Å². The van der Waals surface area contributed by atoms with Crippen LogP contribution in [0.3, 0.4) is 0 Å². The highest BCUT2D eigenvalue weighted by atomic mass is 19.1. The van der Waals surface area contributed by atoms with Crippen molar-refractivity contribution in [2.45, 2.75) is 12.3 Å². The van der Waals surface area contributed by atoms with Gasteiger partial charge in [0.1, 0.15) is 11.6 Å². The predicted molar refractivity (Wildman–Crippen MR) is 52.9 cm³/mol. The lowest BCUT2D eigenvalue weighted by Gasteiger charge is -2.08. The van der Waals surface area contributed by atoms with Crippen LogP contribution in [0.15, 0.2) is 18.2 Å². The molecular weight excluding hydrogens is 181 g/mol. The quantitative estimate of drug-likeness (QED) is 0.799. The number of rotatable bonds is 3. The highest BCUT2D eigenvalue weighted by Gasteiger charge is 2.40. The molecule has 0 bridgehead atoms. The molecule has 2 atom stereocenters. The van der Waals surface area contributed by atoms with Gasteiger partial charge in [-0.2, -0.15) is 0 Å². The van der Waals surface area contributed by atoms with Crippen LogP contribution in [-0.2, 0) is 0 Å². The van der Waals surface area contributed by atoms with Crippen molar-refractivity contribution in [3.8, 4) is 5.75 Å². The molecule has 0 aromatic heterocycles. The largest absolute Gasteiger partial charge is 0.496 e. The molecule has 0 radical (unpaired) electrons. The summed E-state index contributed by atoms with van der Waals surface area (Å²) in [5.41, 5.74) is 6.24. The lowest BCUT2D eigenvalue weighted by molar-refractivity contribution is 0.404. The molecule has 2 rings (SSSR count). The van der Waals surface area contributed by atoms with Gasteiger partial charge in [0.2, 0.25) is 0 Å². The number of nitrogens with two attached hydrogens (primary N) is 1. The topological polar surface area (TPSA) is 35.2 Å². The summed E-state index contributed by atoms with van der Waals surface area (Å²) in [5, 5.41) is 0. The van der Waals surface area contributed by atoms with Gasteiger partial charge in [-0.05, 0) is 36.9 Å². The summed E-state index contributed by atoms with van der Waals surface area (Å²) >= 11 is 0. The number of methoxy groups -OCH3 is 1. The second-order valence-electron chi connectivity index (χ2n) is 3.69. The monoisotopic (exact) mass is 195 g/mol. The maximum absolute atomic E-state index is 13.5. The van der Waals surface area contributed by atoms with E-state index in [1.807, 2.05) is 0 Å². The lowest BCUT2D eigenvalue weighted by Crippen LogP contribution is -2.03. The van der Waals surface area contributed by atoms with E-state index >= 15 is 0 Å². The fraction of sp³-hybridized carbons (Fsp3) is 0.455. The maximum atomic E-state index is 13.5. The van der Waals surface area contributed by atoms with Crippen LogP contribution in [0.2, 0.25) is 0 Å². The third kappa shape index (κ3) is 1.48. The van der Waals surface area contributed by atoms with Crippen molar-refractivity contribution in [1.29, 1.82) is 0 Å². The van der Waals surface area contributed by atoms with Gasteiger partial charge < -0.3 is 10.5 Å². The summed E-state index contributed by atoms with van der Waals surface area (Å²) in [4.78, 5) is 0. The van der Waals surface area contributed by atoms with Gasteiger partial charge in [-0.1, -0.05) is 6.07 Å².